The Hall–Kier alpha value is -1.88. The Morgan fingerprint density at radius 1 is 1.39 bits per heavy atom. The molecular weight excluding hydrogens is 248 g/mol. The number of imidazole rings is 1. The van der Waals surface area contributed by atoms with Gasteiger partial charge in [0.2, 0.25) is 0 Å². The fourth-order valence-corrected chi connectivity index (χ4v) is 2.03. The first kappa shape index (κ1) is 12.6. The van der Waals surface area contributed by atoms with Crippen molar-refractivity contribution in [2.45, 2.75) is 6.42 Å². The number of ether oxygens (including phenoxy) is 1. The molecule has 0 fully saturated rings. The van der Waals surface area contributed by atoms with Gasteiger partial charge in [0.25, 0.3) is 0 Å². The van der Waals surface area contributed by atoms with E-state index in [1.165, 1.54) is 7.11 Å². The average molecular weight is 262 g/mol. The number of nitrogens with one attached hydrogen (secondary N) is 1. The van der Waals surface area contributed by atoms with Crippen molar-refractivity contribution in [3.05, 3.63) is 52.1 Å². The number of esters is 1. The number of aromatic nitrogens is 2. The maximum Gasteiger partial charge on any atom is 0.356 e. The summed E-state index contributed by atoms with van der Waals surface area (Å²) in [6.45, 7) is 0. The smallest absolute Gasteiger partial charge is 0.356 e. The lowest BCUT2D eigenvalue weighted by Gasteiger charge is -2.05. The van der Waals surface area contributed by atoms with Gasteiger partial charge in [-0.2, -0.15) is 0 Å². The van der Waals surface area contributed by atoms with Gasteiger partial charge in [0.1, 0.15) is 5.69 Å². The molecule has 0 atom stereocenters. The summed E-state index contributed by atoms with van der Waals surface area (Å²) >= 11 is 5.14. The van der Waals surface area contributed by atoms with Crippen molar-refractivity contribution < 1.29 is 9.53 Å². The van der Waals surface area contributed by atoms with Crippen LogP contribution < -0.4 is 0 Å². The van der Waals surface area contributed by atoms with E-state index in [4.69, 9.17) is 17.0 Å². The van der Waals surface area contributed by atoms with Crippen LogP contribution in [0.1, 0.15) is 21.7 Å². The Balaban J connectivity index is 2.44. The number of benzene rings is 1. The van der Waals surface area contributed by atoms with Crippen molar-refractivity contribution >= 4 is 18.2 Å². The Kier molecular flexibility index (Phi) is 3.62. The van der Waals surface area contributed by atoms with Gasteiger partial charge < -0.3 is 14.3 Å². The summed E-state index contributed by atoms with van der Waals surface area (Å²) in [5, 5.41) is 0. The van der Waals surface area contributed by atoms with Crippen LogP contribution in [0.3, 0.4) is 0 Å². The zero-order valence-corrected chi connectivity index (χ0v) is 11.1. The van der Waals surface area contributed by atoms with E-state index in [1.54, 1.807) is 4.57 Å². The zero-order valence-electron chi connectivity index (χ0n) is 10.3. The molecule has 0 amide bonds. The third-order valence-corrected chi connectivity index (χ3v) is 3.21. The fourth-order valence-electron chi connectivity index (χ4n) is 1.82. The van der Waals surface area contributed by atoms with E-state index < -0.39 is 5.97 Å². The summed E-state index contributed by atoms with van der Waals surface area (Å²) in [5.74, 6) is -0.396. The molecule has 0 bridgehead atoms. The Bertz CT molecular complexity index is 614. The molecule has 0 saturated carbocycles. The molecule has 1 heterocycles. The van der Waals surface area contributed by atoms with E-state index >= 15 is 0 Å². The molecule has 0 aliphatic carbocycles. The first-order valence-electron chi connectivity index (χ1n) is 5.53. The summed E-state index contributed by atoms with van der Waals surface area (Å²) in [4.78, 5) is 14.6. The number of aromatic amines is 1. The first-order chi connectivity index (χ1) is 8.63. The van der Waals surface area contributed by atoms with Gasteiger partial charge in [-0.25, -0.2) is 4.79 Å². The van der Waals surface area contributed by atoms with Gasteiger partial charge in [-0.05, 0) is 17.8 Å². The molecule has 94 valence electrons. The van der Waals surface area contributed by atoms with Crippen molar-refractivity contribution in [3.8, 4) is 0 Å². The largest absolute Gasteiger partial charge is 0.464 e. The van der Waals surface area contributed by atoms with Crippen molar-refractivity contribution in [2.24, 2.45) is 7.05 Å². The SMILES string of the molecule is COC(=O)c1[nH]c(=S)n(C)c1Cc1ccccc1. The molecule has 5 heteroatoms. The molecule has 0 spiro atoms. The van der Waals surface area contributed by atoms with Gasteiger partial charge in [-0.3, -0.25) is 0 Å². The van der Waals surface area contributed by atoms with E-state index in [0.717, 1.165) is 11.3 Å². The van der Waals surface area contributed by atoms with Crippen molar-refractivity contribution in [1.29, 1.82) is 0 Å². The van der Waals surface area contributed by atoms with Crippen LogP contribution in [0.4, 0.5) is 0 Å². The molecule has 2 aromatic rings. The number of methoxy groups -OCH3 is 1. The lowest BCUT2D eigenvalue weighted by Crippen LogP contribution is -2.08. The predicted octanol–water partition coefficient (Wildman–Crippen LogP) is 2.46. The number of carbonyl (C=O) groups is 1. The number of nitrogens with zero attached hydrogens (tertiary/aromatic N) is 1. The Morgan fingerprint density at radius 3 is 2.67 bits per heavy atom. The highest BCUT2D eigenvalue weighted by atomic mass is 32.1. The standard InChI is InChI=1S/C13H14N2O2S/c1-15-10(8-9-6-4-3-5-7-9)11(12(16)17-2)14-13(15)18/h3-7H,8H2,1-2H3,(H,14,18). The lowest BCUT2D eigenvalue weighted by atomic mass is 10.1. The second kappa shape index (κ2) is 5.18. The van der Waals surface area contributed by atoms with Gasteiger partial charge in [-0.1, -0.05) is 30.3 Å². The fraction of sp³-hybridized carbons (Fsp3) is 0.231. The van der Waals surface area contributed by atoms with Gasteiger partial charge in [-0.15, -0.1) is 0 Å². The van der Waals surface area contributed by atoms with Crippen molar-refractivity contribution in [3.63, 3.8) is 0 Å². The van der Waals surface area contributed by atoms with Crippen molar-refractivity contribution in [1.82, 2.24) is 9.55 Å². The molecule has 18 heavy (non-hydrogen) atoms. The van der Waals surface area contributed by atoms with Gasteiger partial charge in [0, 0.05) is 13.5 Å². The zero-order chi connectivity index (χ0) is 13.1. The summed E-state index contributed by atoms with van der Waals surface area (Å²) < 4.78 is 7.07. The van der Waals surface area contributed by atoms with E-state index in [9.17, 15) is 4.79 Å². The van der Waals surface area contributed by atoms with Crippen LogP contribution in [0.15, 0.2) is 30.3 Å². The molecule has 0 unspecified atom stereocenters. The molecule has 2 rings (SSSR count). The highest BCUT2D eigenvalue weighted by molar-refractivity contribution is 7.71. The normalized spacial score (nSPS) is 10.3. The third-order valence-electron chi connectivity index (χ3n) is 2.83. The number of carbonyl (C=O) groups excluding carboxylic acids is 1. The second-order valence-electron chi connectivity index (χ2n) is 3.96. The summed E-state index contributed by atoms with van der Waals surface area (Å²) in [6, 6.07) is 9.91. The Morgan fingerprint density at radius 2 is 2.06 bits per heavy atom. The van der Waals surface area contributed by atoms with Gasteiger partial charge in [0.05, 0.1) is 12.8 Å². The molecule has 1 aromatic heterocycles. The average Bonchev–Trinajstić information content (AvgIpc) is 2.67. The molecule has 0 saturated heterocycles. The van der Waals surface area contributed by atoms with Crippen LogP contribution in [0.25, 0.3) is 0 Å². The molecule has 0 aliphatic heterocycles. The van der Waals surface area contributed by atoms with Crippen LogP contribution in [0, 0.1) is 4.77 Å². The molecule has 1 N–H and O–H groups in total. The number of hydrogen-bond donors (Lipinski definition) is 1. The monoisotopic (exact) mass is 262 g/mol. The summed E-state index contributed by atoms with van der Waals surface area (Å²) in [5.41, 5.74) is 2.37. The van der Waals surface area contributed by atoms with E-state index in [-0.39, 0.29) is 0 Å². The Labute approximate surface area is 110 Å². The van der Waals surface area contributed by atoms with Crippen LogP contribution in [-0.2, 0) is 18.2 Å². The number of H-pyrrole nitrogens is 1. The molecule has 0 radical (unpaired) electrons. The highest BCUT2D eigenvalue weighted by Crippen LogP contribution is 2.14. The van der Waals surface area contributed by atoms with E-state index in [2.05, 4.69) is 4.98 Å². The maximum absolute atomic E-state index is 11.7. The minimum Gasteiger partial charge on any atom is -0.464 e. The lowest BCUT2D eigenvalue weighted by molar-refractivity contribution is 0.0593. The first-order valence-corrected chi connectivity index (χ1v) is 5.94. The third kappa shape index (κ3) is 2.36. The van der Waals surface area contributed by atoms with E-state index in [1.807, 2.05) is 37.4 Å². The molecule has 0 aliphatic rings. The van der Waals surface area contributed by atoms with Crippen molar-refractivity contribution in [2.75, 3.05) is 7.11 Å². The highest BCUT2D eigenvalue weighted by Gasteiger charge is 2.17. The van der Waals surface area contributed by atoms with Crippen LogP contribution in [-0.4, -0.2) is 22.6 Å². The maximum atomic E-state index is 11.7. The second-order valence-corrected chi connectivity index (χ2v) is 4.35. The summed E-state index contributed by atoms with van der Waals surface area (Å²) in [7, 11) is 3.20. The van der Waals surface area contributed by atoms with Gasteiger partial charge in [0.15, 0.2) is 4.77 Å². The topological polar surface area (TPSA) is 47.0 Å². The van der Waals surface area contributed by atoms with Gasteiger partial charge >= 0.3 is 5.97 Å². The van der Waals surface area contributed by atoms with Crippen LogP contribution in [0.2, 0.25) is 0 Å². The predicted molar refractivity (Wildman–Crippen MR) is 71.2 cm³/mol. The van der Waals surface area contributed by atoms with E-state index in [0.29, 0.717) is 16.9 Å². The quantitative estimate of drug-likeness (QED) is 0.682. The summed E-state index contributed by atoms with van der Waals surface area (Å²) in [6.07, 6.45) is 0.634. The van der Waals surface area contributed by atoms with Crippen LogP contribution in [0.5, 0.6) is 0 Å². The molecule has 1 aromatic carbocycles. The minimum atomic E-state index is -0.396. The molecule has 4 nitrogen and oxygen atoms in total. The number of hydrogen-bond acceptors (Lipinski definition) is 3. The molecular formula is C13H14N2O2S. The minimum absolute atomic E-state index is 0.396. The van der Waals surface area contributed by atoms with Crippen LogP contribution >= 0.6 is 12.2 Å². The number of rotatable bonds is 3.